The van der Waals surface area contributed by atoms with E-state index in [1.54, 1.807) is 0 Å². The summed E-state index contributed by atoms with van der Waals surface area (Å²) in [6, 6.07) is 0. The van der Waals surface area contributed by atoms with Gasteiger partial charge in [-0.3, -0.25) is 9.69 Å². The molecule has 1 rings (SSSR count). The van der Waals surface area contributed by atoms with Crippen LogP contribution in [0.25, 0.3) is 0 Å². The number of nitrogens with zero attached hydrogens (tertiary/aromatic N) is 2. The first-order chi connectivity index (χ1) is 8.27. The highest BCUT2D eigenvalue weighted by Crippen LogP contribution is 2.00. The average Bonchev–Trinajstić information content (AvgIpc) is 2.58. The molecule has 1 N–H and O–H groups in total. The van der Waals surface area contributed by atoms with Gasteiger partial charge >= 0.3 is 0 Å². The van der Waals surface area contributed by atoms with Gasteiger partial charge in [-0.2, -0.15) is 0 Å². The van der Waals surface area contributed by atoms with Gasteiger partial charge in [0, 0.05) is 26.2 Å². The summed E-state index contributed by atoms with van der Waals surface area (Å²) < 4.78 is 0. The molecule has 0 unspecified atom stereocenters. The largest absolute Gasteiger partial charge is 0.342 e. The van der Waals surface area contributed by atoms with Crippen molar-refractivity contribution in [1.29, 1.82) is 0 Å². The zero-order valence-corrected chi connectivity index (χ0v) is 11.4. The van der Waals surface area contributed by atoms with E-state index in [4.69, 9.17) is 0 Å². The van der Waals surface area contributed by atoms with Crippen LogP contribution in [0.4, 0.5) is 0 Å². The monoisotopic (exact) mass is 241 g/mol. The lowest BCUT2D eigenvalue weighted by atomic mass is 10.3. The molecule has 17 heavy (non-hydrogen) atoms. The Balaban J connectivity index is 2.33. The smallest absolute Gasteiger partial charge is 0.236 e. The Hall–Kier alpha value is -0.610. The van der Waals surface area contributed by atoms with Crippen LogP contribution in [-0.4, -0.2) is 61.5 Å². The van der Waals surface area contributed by atoms with Crippen LogP contribution in [0, 0.1) is 0 Å². The molecule has 1 aliphatic heterocycles. The van der Waals surface area contributed by atoms with Gasteiger partial charge in [0.25, 0.3) is 0 Å². The van der Waals surface area contributed by atoms with Gasteiger partial charge in [-0.05, 0) is 32.9 Å². The molecule has 0 bridgehead atoms. The van der Waals surface area contributed by atoms with E-state index in [0.717, 1.165) is 58.5 Å². The van der Waals surface area contributed by atoms with Crippen molar-refractivity contribution in [1.82, 2.24) is 15.1 Å². The summed E-state index contributed by atoms with van der Waals surface area (Å²) in [5, 5.41) is 3.36. The van der Waals surface area contributed by atoms with Crippen molar-refractivity contribution < 1.29 is 4.79 Å². The highest BCUT2D eigenvalue weighted by atomic mass is 16.2. The third kappa shape index (κ3) is 5.50. The van der Waals surface area contributed by atoms with Crippen molar-refractivity contribution in [3.8, 4) is 0 Å². The van der Waals surface area contributed by atoms with E-state index in [9.17, 15) is 4.79 Å². The first kappa shape index (κ1) is 14.5. The normalized spacial score (nSPS) is 17.8. The number of hydrogen-bond acceptors (Lipinski definition) is 3. The van der Waals surface area contributed by atoms with E-state index >= 15 is 0 Å². The molecule has 0 radical (unpaired) electrons. The number of carbonyl (C=O) groups is 1. The topological polar surface area (TPSA) is 35.6 Å². The molecule has 1 amide bonds. The van der Waals surface area contributed by atoms with Gasteiger partial charge in [-0.25, -0.2) is 0 Å². The van der Waals surface area contributed by atoms with Crippen molar-refractivity contribution in [2.75, 3.05) is 45.8 Å². The average molecular weight is 241 g/mol. The predicted octanol–water partition coefficient (Wildman–Crippen LogP) is 0.930. The SMILES string of the molecule is CCCCN(CC)C(=O)CN1CCCNCC1. The van der Waals surface area contributed by atoms with Gasteiger partial charge in [-0.15, -0.1) is 0 Å². The van der Waals surface area contributed by atoms with E-state index in [1.165, 1.54) is 0 Å². The van der Waals surface area contributed by atoms with E-state index in [2.05, 4.69) is 24.1 Å². The van der Waals surface area contributed by atoms with Crippen LogP contribution in [-0.2, 0) is 4.79 Å². The Bertz CT molecular complexity index is 213. The molecule has 0 aliphatic carbocycles. The third-order valence-electron chi connectivity index (χ3n) is 3.31. The molecule has 0 atom stereocenters. The Labute approximate surface area is 105 Å². The number of nitrogens with one attached hydrogen (secondary N) is 1. The van der Waals surface area contributed by atoms with Crippen molar-refractivity contribution in [2.45, 2.75) is 33.1 Å². The van der Waals surface area contributed by atoms with Crippen LogP contribution >= 0.6 is 0 Å². The third-order valence-corrected chi connectivity index (χ3v) is 3.31. The number of unbranched alkanes of at least 4 members (excludes halogenated alkanes) is 1. The molecule has 0 spiro atoms. The fourth-order valence-electron chi connectivity index (χ4n) is 2.16. The lowest BCUT2D eigenvalue weighted by Crippen LogP contribution is -2.41. The maximum absolute atomic E-state index is 12.1. The Morgan fingerprint density at radius 1 is 1.29 bits per heavy atom. The maximum atomic E-state index is 12.1. The van der Waals surface area contributed by atoms with Gasteiger partial charge in [-0.1, -0.05) is 13.3 Å². The van der Waals surface area contributed by atoms with Crippen molar-refractivity contribution in [3.63, 3.8) is 0 Å². The number of amides is 1. The highest BCUT2D eigenvalue weighted by molar-refractivity contribution is 5.78. The summed E-state index contributed by atoms with van der Waals surface area (Å²) in [5.74, 6) is 0.294. The molecule has 1 heterocycles. The predicted molar refractivity (Wildman–Crippen MR) is 71.1 cm³/mol. The molecular formula is C13H27N3O. The molecule has 1 fully saturated rings. The van der Waals surface area contributed by atoms with Gasteiger partial charge < -0.3 is 10.2 Å². The lowest BCUT2D eigenvalue weighted by molar-refractivity contribution is -0.132. The van der Waals surface area contributed by atoms with Crippen LogP contribution in [0.3, 0.4) is 0 Å². The van der Waals surface area contributed by atoms with E-state index < -0.39 is 0 Å². The zero-order valence-electron chi connectivity index (χ0n) is 11.4. The highest BCUT2D eigenvalue weighted by Gasteiger charge is 2.16. The summed E-state index contributed by atoms with van der Waals surface area (Å²) in [6.45, 7) is 10.7. The molecule has 1 saturated heterocycles. The molecule has 4 heteroatoms. The summed E-state index contributed by atoms with van der Waals surface area (Å²) >= 11 is 0. The van der Waals surface area contributed by atoms with E-state index in [0.29, 0.717) is 12.5 Å². The minimum Gasteiger partial charge on any atom is -0.342 e. The number of carbonyl (C=O) groups excluding carboxylic acids is 1. The van der Waals surface area contributed by atoms with E-state index in [1.807, 2.05) is 4.90 Å². The fourth-order valence-corrected chi connectivity index (χ4v) is 2.16. The summed E-state index contributed by atoms with van der Waals surface area (Å²) in [5.41, 5.74) is 0. The number of likely N-dealkylation sites (N-methyl/N-ethyl adjacent to an activating group) is 1. The molecule has 0 aromatic heterocycles. The van der Waals surface area contributed by atoms with Crippen molar-refractivity contribution in [2.24, 2.45) is 0 Å². The van der Waals surface area contributed by atoms with Crippen LogP contribution in [0.5, 0.6) is 0 Å². The number of rotatable bonds is 6. The van der Waals surface area contributed by atoms with Gasteiger partial charge in [0.1, 0.15) is 0 Å². The zero-order chi connectivity index (χ0) is 12.5. The second-order valence-electron chi connectivity index (χ2n) is 4.71. The Morgan fingerprint density at radius 2 is 2.12 bits per heavy atom. The van der Waals surface area contributed by atoms with Gasteiger partial charge in [0.05, 0.1) is 6.54 Å². The summed E-state index contributed by atoms with van der Waals surface area (Å²) in [6.07, 6.45) is 3.41. The molecule has 100 valence electrons. The first-order valence-corrected chi connectivity index (χ1v) is 6.98. The van der Waals surface area contributed by atoms with Gasteiger partial charge in [0.2, 0.25) is 5.91 Å². The maximum Gasteiger partial charge on any atom is 0.236 e. The van der Waals surface area contributed by atoms with Crippen molar-refractivity contribution >= 4 is 5.91 Å². The Kier molecular flexibility index (Phi) is 7.21. The minimum atomic E-state index is 0.294. The molecule has 0 saturated carbocycles. The van der Waals surface area contributed by atoms with Crippen LogP contribution in [0.2, 0.25) is 0 Å². The quantitative estimate of drug-likeness (QED) is 0.751. The van der Waals surface area contributed by atoms with Crippen LogP contribution < -0.4 is 5.32 Å². The first-order valence-electron chi connectivity index (χ1n) is 6.98. The van der Waals surface area contributed by atoms with E-state index in [-0.39, 0.29) is 0 Å². The lowest BCUT2D eigenvalue weighted by Gasteiger charge is -2.25. The minimum absolute atomic E-state index is 0.294. The molecule has 4 nitrogen and oxygen atoms in total. The standard InChI is InChI=1S/C13H27N3O/c1-3-5-10-16(4-2)13(17)12-15-9-6-7-14-8-11-15/h14H,3-12H2,1-2H3. The van der Waals surface area contributed by atoms with Crippen molar-refractivity contribution in [3.05, 3.63) is 0 Å². The fraction of sp³-hybridized carbons (Fsp3) is 0.923. The second-order valence-corrected chi connectivity index (χ2v) is 4.71. The summed E-state index contributed by atoms with van der Waals surface area (Å²) in [7, 11) is 0. The molecule has 1 aliphatic rings. The summed E-state index contributed by atoms with van der Waals surface area (Å²) in [4.78, 5) is 16.4. The van der Waals surface area contributed by atoms with Crippen LogP contribution in [0.15, 0.2) is 0 Å². The van der Waals surface area contributed by atoms with Gasteiger partial charge in [0.15, 0.2) is 0 Å². The Morgan fingerprint density at radius 3 is 2.82 bits per heavy atom. The molecule has 0 aromatic rings. The molecule has 0 aromatic carbocycles. The molecular weight excluding hydrogens is 214 g/mol. The second kappa shape index (κ2) is 8.48. The van der Waals surface area contributed by atoms with Crippen LogP contribution in [0.1, 0.15) is 33.1 Å². The number of hydrogen-bond donors (Lipinski definition) is 1.